The van der Waals surface area contributed by atoms with Crippen molar-refractivity contribution in [3.63, 3.8) is 0 Å². The first-order valence-electron chi connectivity index (χ1n) is 11.9. The molecule has 0 aliphatic rings. The van der Waals surface area contributed by atoms with Gasteiger partial charge in [-0.05, 0) is 55.0 Å². The minimum Gasteiger partial charge on any atom is -0.309 e. The first-order chi connectivity index (χ1) is 17.2. The van der Waals surface area contributed by atoms with Crippen molar-refractivity contribution in [2.75, 3.05) is 0 Å². The number of para-hydroxylation sites is 3. The van der Waals surface area contributed by atoms with Crippen molar-refractivity contribution in [1.82, 2.24) is 9.13 Å². The van der Waals surface area contributed by atoms with Gasteiger partial charge in [-0.15, -0.1) is 0 Å². The Hall–Kier alpha value is -4.56. The summed E-state index contributed by atoms with van der Waals surface area (Å²) in [4.78, 5) is 0. The molecule has 0 bridgehead atoms. The highest BCUT2D eigenvalue weighted by atomic mass is 15.0. The Morgan fingerprint density at radius 2 is 1.11 bits per heavy atom. The second-order valence-corrected chi connectivity index (χ2v) is 8.71. The van der Waals surface area contributed by atoms with Crippen LogP contribution in [0.25, 0.3) is 62.3 Å². The topological polar surface area (TPSA) is 9.86 Å². The molecule has 6 aromatic rings. The zero-order valence-electron chi connectivity index (χ0n) is 19.8. The van der Waals surface area contributed by atoms with Gasteiger partial charge in [-0.1, -0.05) is 86.0 Å². The van der Waals surface area contributed by atoms with Gasteiger partial charge in [0.25, 0.3) is 0 Å². The van der Waals surface area contributed by atoms with Gasteiger partial charge in [0, 0.05) is 33.1 Å². The van der Waals surface area contributed by atoms with Gasteiger partial charge in [0.05, 0.1) is 22.2 Å². The van der Waals surface area contributed by atoms with E-state index < -0.39 is 0 Å². The Morgan fingerprint density at radius 3 is 1.66 bits per heavy atom. The molecule has 2 nitrogen and oxygen atoms in total. The van der Waals surface area contributed by atoms with Crippen LogP contribution < -0.4 is 0 Å². The van der Waals surface area contributed by atoms with Crippen LogP contribution in [0.4, 0.5) is 0 Å². The standard InChI is InChI=1S/C33H26N2/c1-4-13-30-26(6-3)27-14-7-10-17-31(27)34(30)24-20-23(5-2)21-25(22-24)35-32-18-11-8-15-28(32)29-16-9-12-19-33(29)35/h4-22H,2-3H2,1H3/b13-4-. The van der Waals surface area contributed by atoms with Crippen LogP contribution in [0, 0.1) is 0 Å². The van der Waals surface area contributed by atoms with Crippen LogP contribution in [0.3, 0.4) is 0 Å². The minimum absolute atomic E-state index is 1.07. The van der Waals surface area contributed by atoms with Crippen LogP contribution in [0.15, 0.2) is 110 Å². The van der Waals surface area contributed by atoms with E-state index in [4.69, 9.17) is 0 Å². The van der Waals surface area contributed by atoms with Gasteiger partial charge < -0.3 is 9.13 Å². The summed E-state index contributed by atoms with van der Waals surface area (Å²) in [5, 5.41) is 3.70. The van der Waals surface area contributed by atoms with Crippen LogP contribution in [0.2, 0.25) is 0 Å². The average Bonchev–Trinajstić information content (AvgIpc) is 3.41. The number of benzene rings is 4. The molecule has 0 saturated heterocycles. The lowest BCUT2D eigenvalue weighted by Crippen LogP contribution is -2.01. The van der Waals surface area contributed by atoms with E-state index >= 15 is 0 Å². The maximum Gasteiger partial charge on any atom is 0.0541 e. The first kappa shape index (κ1) is 21.0. The molecule has 2 heterocycles. The first-order valence-corrected chi connectivity index (χ1v) is 11.9. The third-order valence-electron chi connectivity index (χ3n) is 6.74. The number of allylic oxidation sites excluding steroid dienone is 1. The van der Waals surface area contributed by atoms with Gasteiger partial charge in [-0.25, -0.2) is 0 Å². The maximum absolute atomic E-state index is 4.12. The summed E-state index contributed by atoms with van der Waals surface area (Å²) in [5.41, 5.74) is 9.08. The molecule has 0 atom stereocenters. The van der Waals surface area contributed by atoms with E-state index in [1.165, 1.54) is 27.2 Å². The Bertz CT molecular complexity index is 1740. The van der Waals surface area contributed by atoms with Gasteiger partial charge in [-0.2, -0.15) is 0 Å². The molecule has 4 aromatic carbocycles. The Labute approximate surface area is 205 Å². The smallest absolute Gasteiger partial charge is 0.0541 e. The molecule has 168 valence electrons. The maximum atomic E-state index is 4.12. The lowest BCUT2D eigenvalue weighted by Gasteiger charge is -2.15. The largest absolute Gasteiger partial charge is 0.309 e. The molecule has 0 fully saturated rings. The summed E-state index contributed by atoms with van der Waals surface area (Å²) in [7, 11) is 0. The van der Waals surface area contributed by atoms with Crippen molar-refractivity contribution in [3.05, 3.63) is 127 Å². The number of aromatic nitrogens is 2. The highest BCUT2D eigenvalue weighted by Crippen LogP contribution is 2.35. The van der Waals surface area contributed by atoms with Crippen molar-refractivity contribution < 1.29 is 0 Å². The van der Waals surface area contributed by atoms with E-state index in [1.54, 1.807) is 0 Å². The van der Waals surface area contributed by atoms with Crippen molar-refractivity contribution >= 4 is 50.9 Å². The molecular weight excluding hydrogens is 424 g/mol. The zero-order chi connectivity index (χ0) is 23.9. The van der Waals surface area contributed by atoms with E-state index in [0.29, 0.717) is 0 Å². The molecular formula is C33H26N2. The molecule has 0 aliphatic heterocycles. The fourth-order valence-electron chi connectivity index (χ4n) is 5.29. The summed E-state index contributed by atoms with van der Waals surface area (Å²) in [5.74, 6) is 0. The molecule has 0 spiro atoms. The van der Waals surface area contributed by atoms with E-state index in [0.717, 1.165) is 33.7 Å². The summed E-state index contributed by atoms with van der Waals surface area (Å²) >= 11 is 0. The average molecular weight is 451 g/mol. The molecule has 0 saturated carbocycles. The van der Waals surface area contributed by atoms with Gasteiger partial charge in [0.1, 0.15) is 0 Å². The lowest BCUT2D eigenvalue weighted by atomic mass is 10.1. The van der Waals surface area contributed by atoms with Crippen LogP contribution in [0.5, 0.6) is 0 Å². The molecule has 2 aromatic heterocycles. The Balaban J connectivity index is 1.72. The molecule has 0 aliphatic carbocycles. The van der Waals surface area contributed by atoms with Crippen LogP contribution in [-0.4, -0.2) is 9.13 Å². The van der Waals surface area contributed by atoms with Crippen molar-refractivity contribution in [2.45, 2.75) is 6.92 Å². The fourth-order valence-corrected chi connectivity index (χ4v) is 5.29. The monoisotopic (exact) mass is 450 g/mol. The second-order valence-electron chi connectivity index (χ2n) is 8.71. The molecule has 0 amide bonds. The quantitative estimate of drug-likeness (QED) is 0.248. The van der Waals surface area contributed by atoms with Crippen molar-refractivity contribution in [2.24, 2.45) is 0 Å². The highest BCUT2D eigenvalue weighted by Gasteiger charge is 2.17. The van der Waals surface area contributed by atoms with E-state index in [9.17, 15) is 0 Å². The van der Waals surface area contributed by atoms with E-state index in [2.05, 4.69) is 132 Å². The number of hydrogen-bond donors (Lipinski definition) is 0. The van der Waals surface area contributed by atoms with Crippen LogP contribution in [0.1, 0.15) is 23.7 Å². The second kappa shape index (κ2) is 8.34. The SMILES string of the molecule is C=Cc1cc(-n2c(/C=C\C)c(C=C)c3ccccc32)cc(-n2c3ccccc3c3ccccc32)c1. The third-order valence-corrected chi connectivity index (χ3v) is 6.74. The molecule has 2 heteroatoms. The summed E-state index contributed by atoms with van der Waals surface area (Å²) in [6, 6.07) is 32.4. The lowest BCUT2D eigenvalue weighted by molar-refractivity contribution is 1.08. The van der Waals surface area contributed by atoms with Gasteiger partial charge in [0.2, 0.25) is 0 Å². The summed E-state index contributed by atoms with van der Waals surface area (Å²) in [6.45, 7) is 10.3. The van der Waals surface area contributed by atoms with Crippen LogP contribution >= 0.6 is 0 Å². The van der Waals surface area contributed by atoms with E-state index in [1.807, 2.05) is 12.2 Å². The normalized spacial score (nSPS) is 11.7. The predicted octanol–water partition coefficient (Wildman–Crippen LogP) is 9.05. The predicted molar refractivity (Wildman–Crippen MR) is 153 cm³/mol. The van der Waals surface area contributed by atoms with Crippen LogP contribution in [-0.2, 0) is 0 Å². The Morgan fingerprint density at radius 1 is 0.600 bits per heavy atom. The summed E-state index contributed by atoms with van der Waals surface area (Å²) < 4.78 is 4.69. The summed E-state index contributed by atoms with van der Waals surface area (Å²) in [6.07, 6.45) is 8.14. The molecule has 0 N–H and O–H groups in total. The number of hydrogen-bond acceptors (Lipinski definition) is 0. The fraction of sp³-hybridized carbons (Fsp3) is 0.0303. The van der Waals surface area contributed by atoms with Crippen molar-refractivity contribution in [3.8, 4) is 11.4 Å². The molecule has 35 heavy (non-hydrogen) atoms. The molecule has 6 rings (SSSR count). The molecule has 0 unspecified atom stereocenters. The Kier molecular flexibility index (Phi) is 5.00. The minimum atomic E-state index is 1.07. The highest BCUT2D eigenvalue weighted by molar-refractivity contribution is 6.09. The number of fused-ring (bicyclic) bond motifs is 4. The van der Waals surface area contributed by atoms with Gasteiger partial charge in [0.15, 0.2) is 0 Å². The third kappa shape index (κ3) is 3.18. The number of rotatable bonds is 5. The molecule has 0 radical (unpaired) electrons. The van der Waals surface area contributed by atoms with Crippen molar-refractivity contribution in [1.29, 1.82) is 0 Å². The number of nitrogens with zero attached hydrogens (tertiary/aromatic N) is 2. The zero-order valence-corrected chi connectivity index (χ0v) is 19.8. The van der Waals surface area contributed by atoms with Gasteiger partial charge >= 0.3 is 0 Å². The van der Waals surface area contributed by atoms with Gasteiger partial charge in [-0.3, -0.25) is 0 Å². The van der Waals surface area contributed by atoms with E-state index in [-0.39, 0.29) is 0 Å².